The third kappa shape index (κ3) is 2.74. The second-order valence-corrected chi connectivity index (χ2v) is 5.01. The Kier molecular flexibility index (Phi) is 3.37. The Labute approximate surface area is 119 Å². The molecule has 0 aliphatic rings. The molecule has 0 amide bonds. The first-order valence-electron chi connectivity index (χ1n) is 6.63. The molecule has 0 radical (unpaired) electrons. The van der Waals surface area contributed by atoms with E-state index < -0.39 is 18.6 Å². The minimum atomic E-state index is -4.21. The number of para-hydroxylation sites is 1. The predicted octanol–water partition coefficient (Wildman–Crippen LogP) is 4.80. The van der Waals surface area contributed by atoms with Crippen molar-refractivity contribution in [3.8, 4) is 0 Å². The van der Waals surface area contributed by atoms with Crippen LogP contribution in [0.4, 0.5) is 13.2 Å². The maximum Gasteiger partial charge on any atom is 0.390 e. The van der Waals surface area contributed by atoms with Crippen molar-refractivity contribution in [3.63, 3.8) is 0 Å². The molecule has 0 saturated heterocycles. The van der Waals surface area contributed by atoms with E-state index in [0.29, 0.717) is 11.1 Å². The van der Waals surface area contributed by atoms with Gasteiger partial charge in [0.05, 0.1) is 6.42 Å². The second-order valence-electron chi connectivity index (χ2n) is 5.01. The van der Waals surface area contributed by atoms with E-state index in [2.05, 4.69) is 5.32 Å². The predicted molar refractivity (Wildman–Crippen MR) is 76.2 cm³/mol. The van der Waals surface area contributed by atoms with Crippen molar-refractivity contribution in [2.75, 3.05) is 7.05 Å². The highest BCUT2D eigenvalue weighted by Gasteiger charge is 2.32. The molecule has 1 heterocycles. The lowest BCUT2D eigenvalue weighted by Gasteiger charge is -2.18. The summed E-state index contributed by atoms with van der Waals surface area (Å²) >= 11 is 0. The molecule has 2 aromatic carbocycles. The highest BCUT2D eigenvalue weighted by atomic mass is 19.4. The van der Waals surface area contributed by atoms with E-state index in [9.17, 15) is 13.2 Å². The zero-order chi connectivity index (χ0) is 15.0. The van der Waals surface area contributed by atoms with Crippen LogP contribution in [0.5, 0.6) is 0 Å². The summed E-state index contributed by atoms with van der Waals surface area (Å²) in [5.41, 5.74) is 2.03. The molecular formula is C16H14F3NO. The number of rotatable bonds is 3. The first-order valence-corrected chi connectivity index (χ1v) is 6.63. The van der Waals surface area contributed by atoms with Gasteiger partial charge < -0.3 is 9.73 Å². The van der Waals surface area contributed by atoms with Crippen LogP contribution in [0.3, 0.4) is 0 Å². The summed E-state index contributed by atoms with van der Waals surface area (Å²) in [5, 5.41) is 4.48. The largest absolute Gasteiger partial charge is 0.456 e. The summed E-state index contributed by atoms with van der Waals surface area (Å²) in [6.07, 6.45) is -5.11. The molecular weight excluding hydrogens is 279 g/mol. The Morgan fingerprint density at radius 1 is 1.05 bits per heavy atom. The number of nitrogens with one attached hydrogen (secondary N) is 1. The lowest BCUT2D eigenvalue weighted by molar-refractivity contribution is -0.140. The van der Waals surface area contributed by atoms with E-state index in [1.165, 1.54) is 7.05 Å². The molecule has 21 heavy (non-hydrogen) atoms. The highest BCUT2D eigenvalue weighted by Crippen LogP contribution is 2.34. The van der Waals surface area contributed by atoms with Crippen LogP contribution in [-0.2, 0) is 0 Å². The van der Waals surface area contributed by atoms with Gasteiger partial charge in [-0.25, -0.2) is 0 Å². The molecule has 0 bridgehead atoms. The number of hydrogen-bond donors (Lipinski definition) is 1. The average Bonchev–Trinajstić information content (AvgIpc) is 2.81. The molecule has 110 valence electrons. The molecule has 0 spiro atoms. The molecule has 1 N–H and O–H groups in total. The van der Waals surface area contributed by atoms with Crippen LogP contribution in [0.25, 0.3) is 21.9 Å². The minimum Gasteiger partial charge on any atom is -0.456 e. The molecule has 0 aliphatic heterocycles. The van der Waals surface area contributed by atoms with Crippen LogP contribution >= 0.6 is 0 Å². The van der Waals surface area contributed by atoms with Crippen LogP contribution < -0.4 is 5.32 Å². The van der Waals surface area contributed by atoms with Gasteiger partial charge in [-0.2, -0.15) is 13.2 Å². The summed E-state index contributed by atoms with van der Waals surface area (Å²) in [5.74, 6) is 0. The Morgan fingerprint density at radius 2 is 1.76 bits per heavy atom. The Morgan fingerprint density at radius 3 is 2.48 bits per heavy atom. The van der Waals surface area contributed by atoms with Gasteiger partial charge in [0, 0.05) is 16.8 Å². The third-order valence-electron chi connectivity index (χ3n) is 3.59. The smallest absolute Gasteiger partial charge is 0.390 e. The summed E-state index contributed by atoms with van der Waals surface area (Å²) in [6.45, 7) is 0. The fourth-order valence-corrected chi connectivity index (χ4v) is 2.58. The van der Waals surface area contributed by atoms with E-state index in [1.807, 2.05) is 24.3 Å². The molecule has 2 nitrogen and oxygen atoms in total. The number of halogens is 3. The maximum atomic E-state index is 12.6. The van der Waals surface area contributed by atoms with Crippen molar-refractivity contribution in [2.45, 2.75) is 18.6 Å². The second kappa shape index (κ2) is 5.07. The molecule has 3 aromatic rings. The van der Waals surface area contributed by atoms with E-state index in [1.54, 1.807) is 18.2 Å². The first-order chi connectivity index (χ1) is 9.98. The lowest BCUT2D eigenvalue weighted by Crippen LogP contribution is -2.23. The van der Waals surface area contributed by atoms with Crippen molar-refractivity contribution in [3.05, 3.63) is 48.0 Å². The van der Waals surface area contributed by atoms with Gasteiger partial charge >= 0.3 is 6.18 Å². The van der Waals surface area contributed by atoms with Crippen molar-refractivity contribution >= 4 is 21.9 Å². The zero-order valence-corrected chi connectivity index (χ0v) is 11.4. The number of fused-ring (bicyclic) bond motifs is 3. The van der Waals surface area contributed by atoms with Crippen molar-refractivity contribution in [1.82, 2.24) is 5.32 Å². The van der Waals surface area contributed by atoms with Gasteiger partial charge in [0.2, 0.25) is 0 Å². The standard InChI is InChI=1S/C16H14F3NO/c1-20-13(9-16(17,18)19)10-6-7-15-12(8-10)11-4-2-3-5-14(11)21-15/h2-8,13,20H,9H2,1H3. The number of furan rings is 1. The van der Waals surface area contributed by atoms with Gasteiger partial charge in [-0.15, -0.1) is 0 Å². The topological polar surface area (TPSA) is 25.2 Å². The van der Waals surface area contributed by atoms with E-state index in [-0.39, 0.29) is 0 Å². The van der Waals surface area contributed by atoms with Gasteiger partial charge in [-0.1, -0.05) is 24.3 Å². The Hall–Kier alpha value is -2.01. The molecule has 5 heteroatoms. The quantitative estimate of drug-likeness (QED) is 0.750. The average molecular weight is 293 g/mol. The van der Waals surface area contributed by atoms with E-state index in [4.69, 9.17) is 4.42 Å². The van der Waals surface area contributed by atoms with Crippen LogP contribution in [0.15, 0.2) is 46.9 Å². The summed E-state index contributed by atoms with van der Waals surface area (Å²) in [4.78, 5) is 0. The molecule has 0 aliphatic carbocycles. The first kappa shape index (κ1) is 13.9. The SMILES string of the molecule is CNC(CC(F)(F)F)c1ccc2oc3ccccc3c2c1. The normalized spacial score (nSPS) is 13.9. The molecule has 0 fully saturated rings. The number of benzene rings is 2. The van der Waals surface area contributed by atoms with Crippen molar-refractivity contribution in [2.24, 2.45) is 0 Å². The number of hydrogen-bond acceptors (Lipinski definition) is 2. The van der Waals surface area contributed by atoms with Gasteiger partial charge in [-0.05, 0) is 30.8 Å². The molecule has 1 aromatic heterocycles. The lowest BCUT2D eigenvalue weighted by atomic mass is 10.0. The van der Waals surface area contributed by atoms with Gasteiger partial charge in [0.25, 0.3) is 0 Å². The maximum absolute atomic E-state index is 12.6. The molecule has 3 rings (SSSR count). The molecule has 1 unspecified atom stereocenters. The van der Waals surface area contributed by atoms with Crippen molar-refractivity contribution in [1.29, 1.82) is 0 Å². The fourth-order valence-electron chi connectivity index (χ4n) is 2.58. The summed E-state index contributed by atoms with van der Waals surface area (Å²) in [6, 6.07) is 11.9. The summed E-state index contributed by atoms with van der Waals surface area (Å²) in [7, 11) is 1.54. The highest BCUT2D eigenvalue weighted by molar-refractivity contribution is 6.05. The van der Waals surface area contributed by atoms with Gasteiger partial charge in [0.15, 0.2) is 0 Å². The van der Waals surface area contributed by atoms with Crippen molar-refractivity contribution < 1.29 is 17.6 Å². The third-order valence-corrected chi connectivity index (χ3v) is 3.59. The van der Waals surface area contributed by atoms with Crippen LogP contribution in [-0.4, -0.2) is 13.2 Å². The zero-order valence-electron chi connectivity index (χ0n) is 11.4. The van der Waals surface area contributed by atoms with Crippen LogP contribution in [0.2, 0.25) is 0 Å². The number of alkyl halides is 3. The molecule has 0 saturated carbocycles. The summed E-state index contributed by atoms with van der Waals surface area (Å²) < 4.78 is 43.6. The van der Waals surface area contributed by atoms with Gasteiger partial charge in [0.1, 0.15) is 11.2 Å². The minimum absolute atomic E-state index is 0.605. The van der Waals surface area contributed by atoms with E-state index in [0.717, 1.165) is 16.4 Å². The van der Waals surface area contributed by atoms with Gasteiger partial charge in [-0.3, -0.25) is 0 Å². The fraction of sp³-hybridized carbons (Fsp3) is 0.250. The molecule has 1 atom stereocenters. The van der Waals surface area contributed by atoms with E-state index >= 15 is 0 Å². The van der Waals surface area contributed by atoms with Crippen LogP contribution in [0.1, 0.15) is 18.0 Å². The Bertz CT molecular complexity index is 776. The van der Waals surface area contributed by atoms with Crippen LogP contribution in [0, 0.1) is 0 Å². The Balaban J connectivity index is 2.09. The monoisotopic (exact) mass is 293 g/mol.